The number of primary amides is 1. The summed E-state index contributed by atoms with van der Waals surface area (Å²) in [6.07, 6.45) is -1.25. The average Bonchev–Trinajstić information content (AvgIpc) is 3.05. The van der Waals surface area contributed by atoms with Crippen LogP contribution in [0.1, 0.15) is 51.7 Å². The van der Waals surface area contributed by atoms with Crippen LogP contribution in [0.3, 0.4) is 0 Å². The highest BCUT2D eigenvalue weighted by Gasteiger charge is 2.31. The molecule has 0 aliphatic carbocycles. The number of ether oxygens (including phenoxy) is 1. The summed E-state index contributed by atoms with van der Waals surface area (Å²) in [6.45, 7) is 6.42. The highest BCUT2D eigenvalue weighted by molar-refractivity contribution is 7.98. The Labute approximate surface area is 295 Å². The fourth-order valence-corrected chi connectivity index (χ4v) is 6.19. The highest BCUT2D eigenvalue weighted by atomic mass is 32.2. The lowest BCUT2D eigenvalue weighted by Gasteiger charge is -2.26. The highest BCUT2D eigenvalue weighted by Crippen LogP contribution is 2.16. The number of hydrazine groups is 1. The third kappa shape index (κ3) is 16.6. The first-order chi connectivity index (χ1) is 23.2. The van der Waals surface area contributed by atoms with E-state index in [1.165, 1.54) is 30.4 Å². The summed E-state index contributed by atoms with van der Waals surface area (Å²) < 4.78 is 5.28. The second-order valence-corrected chi connectivity index (χ2v) is 14.1. The number of carbonyl (C=O) groups excluding carboxylic acids is 6. The molecule has 0 saturated heterocycles. The van der Waals surface area contributed by atoms with Crippen LogP contribution >= 0.6 is 23.5 Å². The summed E-state index contributed by atoms with van der Waals surface area (Å²) in [5, 5.41) is 10.4. The van der Waals surface area contributed by atoms with E-state index in [1.807, 2.05) is 66.1 Å². The van der Waals surface area contributed by atoms with Crippen LogP contribution in [0.4, 0.5) is 4.79 Å². The van der Waals surface area contributed by atoms with Gasteiger partial charge in [0.25, 0.3) is 5.91 Å². The lowest BCUT2D eigenvalue weighted by molar-refractivity contribution is -0.133. The second kappa shape index (κ2) is 20.9. The van der Waals surface area contributed by atoms with Crippen molar-refractivity contribution < 1.29 is 33.5 Å². The number of rotatable bonds is 19. The Hall–Kier alpha value is -4.28. The Bertz CT molecular complexity index is 1390. The maximum absolute atomic E-state index is 13.8. The molecule has 0 radical (unpaired) electrons. The minimum absolute atomic E-state index is 0.0962. The van der Waals surface area contributed by atoms with Crippen molar-refractivity contribution in [3.63, 3.8) is 0 Å². The van der Waals surface area contributed by atoms with Gasteiger partial charge in [0, 0.05) is 29.4 Å². The summed E-state index contributed by atoms with van der Waals surface area (Å²) >= 11 is 2.76. The molecule has 0 saturated carbocycles. The van der Waals surface area contributed by atoms with Crippen molar-refractivity contribution in [3.05, 3.63) is 71.8 Å². The molecule has 0 aromatic heterocycles. The van der Waals surface area contributed by atoms with Gasteiger partial charge in [-0.1, -0.05) is 60.7 Å². The molecule has 0 bridgehead atoms. The van der Waals surface area contributed by atoms with E-state index in [0.29, 0.717) is 11.5 Å². The predicted octanol–water partition coefficient (Wildman–Crippen LogP) is 1.48. The van der Waals surface area contributed by atoms with Crippen LogP contribution in [0.2, 0.25) is 0 Å². The van der Waals surface area contributed by atoms with Crippen molar-refractivity contribution in [1.82, 2.24) is 26.7 Å². The molecule has 268 valence electrons. The molecule has 2 aromatic rings. The standard InChI is InChI=1S/C33H47N7O7S2/c1-21(28(42)40-35)36-30(44)25(19-48-17-22-11-7-5-8-12-22)38-31(45)26(20-49-18-23-13-9-6-10-14-23)37-29(43)24(15-16-27(34)41)39-32(46)47-33(2,3)4/h5-14,21,24-26H,15-20,35H2,1-4H3,(H2,34,41)(H,36,44)(H,37,43)(H,38,45)(H,39,46)(H,40,42)/t21-,24-,25-,26-/m0/s1. The molecule has 2 rings (SSSR count). The zero-order chi connectivity index (χ0) is 36.4. The summed E-state index contributed by atoms with van der Waals surface area (Å²) in [6, 6.07) is 14.5. The monoisotopic (exact) mass is 717 g/mol. The number of nitrogens with one attached hydrogen (secondary N) is 5. The number of hydrogen-bond donors (Lipinski definition) is 7. The van der Waals surface area contributed by atoms with E-state index in [2.05, 4.69) is 21.3 Å². The maximum Gasteiger partial charge on any atom is 0.408 e. The van der Waals surface area contributed by atoms with Crippen LogP contribution < -0.4 is 38.3 Å². The van der Waals surface area contributed by atoms with E-state index in [-0.39, 0.29) is 24.3 Å². The van der Waals surface area contributed by atoms with E-state index in [4.69, 9.17) is 16.3 Å². The van der Waals surface area contributed by atoms with Gasteiger partial charge in [-0.25, -0.2) is 10.6 Å². The Morgan fingerprint density at radius 1 is 0.694 bits per heavy atom. The Kier molecular flexibility index (Phi) is 17.5. The zero-order valence-electron chi connectivity index (χ0n) is 28.2. The number of carbonyl (C=O) groups is 6. The van der Waals surface area contributed by atoms with Crippen LogP contribution in [0.15, 0.2) is 60.7 Å². The summed E-state index contributed by atoms with van der Waals surface area (Å²) in [7, 11) is 0. The predicted molar refractivity (Wildman–Crippen MR) is 191 cm³/mol. The third-order valence-corrected chi connectivity index (χ3v) is 8.85. The largest absolute Gasteiger partial charge is 0.444 e. The van der Waals surface area contributed by atoms with Gasteiger partial charge in [-0.2, -0.15) is 23.5 Å². The molecule has 2 aromatic carbocycles. The number of amides is 6. The first-order valence-electron chi connectivity index (χ1n) is 15.6. The molecule has 0 spiro atoms. The van der Waals surface area contributed by atoms with Crippen LogP contribution in [-0.2, 0) is 40.2 Å². The second-order valence-electron chi connectivity index (χ2n) is 12.1. The van der Waals surface area contributed by atoms with Gasteiger partial charge >= 0.3 is 6.09 Å². The Balaban J connectivity index is 2.29. The van der Waals surface area contributed by atoms with Crippen molar-refractivity contribution in [2.75, 3.05) is 11.5 Å². The van der Waals surface area contributed by atoms with Crippen molar-refractivity contribution in [2.24, 2.45) is 11.6 Å². The number of thioether (sulfide) groups is 2. The Morgan fingerprint density at radius 2 is 1.14 bits per heavy atom. The van der Waals surface area contributed by atoms with E-state index in [1.54, 1.807) is 20.8 Å². The fraction of sp³-hybridized carbons (Fsp3) is 0.455. The minimum atomic E-state index is -1.26. The van der Waals surface area contributed by atoms with E-state index >= 15 is 0 Å². The molecule has 0 aliphatic rings. The van der Waals surface area contributed by atoms with E-state index in [9.17, 15) is 28.8 Å². The summed E-state index contributed by atoms with van der Waals surface area (Å²) in [4.78, 5) is 76.8. The molecule has 14 nitrogen and oxygen atoms in total. The topological polar surface area (TPSA) is 224 Å². The van der Waals surface area contributed by atoms with Gasteiger partial charge in [0.05, 0.1) is 0 Å². The molecule has 0 fully saturated rings. The van der Waals surface area contributed by atoms with Crippen molar-refractivity contribution in [1.29, 1.82) is 0 Å². The SMILES string of the molecule is C[C@H](NC(=O)[C@H](CSCc1ccccc1)NC(=O)[C@H](CSCc1ccccc1)NC(=O)[C@H](CCC(N)=O)NC(=O)OC(C)(C)C)C(=O)NN. The van der Waals surface area contributed by atoms with E-state index < -0.39 is 65.4 Å². The molecule has 16 heteroatoms. The lowest BCUT2D eigenvalue weighted by atomic mass is 10.1. The quantitative estimate of drug-likeness (QED) is 0.0630. The smallest absolute Gasteiger partial charge is 0.408 e. The van der Waals surface area contributed by atoms with Crippen molar-refractivity contribution >= 4 is 59.2 Å². The van der Waals surface area contributed by atoms with Gasteiger partial charge in [0.15, 0.2) is 0 Å². The van der Waals surface area contributed by atoms with Crippen molar-refractivity contribution in [2.45, 2.75) is 81.8 Å². The average molecular weight is 718 g/mol. The van der Waals surface area contributed by atoms with Crippen LogP contribution in [0.5, 0.6) is 0 Å². The molecule has 0 heterocycles. The first kappa shape index (κ1) is 40.9. The number of benzene rings is 2. The molecule has 49 heavy (non-hydrogen) atoms. The number of alkyl carbamates (subject to hydrolysis) is 1. The van der Waals surface area contributed by atoms with Gasteiger partial charge in [-0.3, -0.25) is 29.4 Å². The molecule has 0 aliphatic heterocycles. The van der Waals surface area contributed by atoms with Gasteiger partial charge < -0.3 is 31.7 Å². The fourth-order valence-electron chi connectivity index (χ4n) is 4.16. The van der Waals surface area contributed by atoms with Gasteiger partial charge in [0.1, 0.15) is 29.8 Å². The molecule has 6 amide bonds. The Morgan fingerprint density at radius 3 is 1.57 bits per heavy atom. The van der Waals surface area contributed by atoms with Gasteiger partial charge in [0.2, 0.25) is 23.6 Å². The lowest BCUT2D eigenvalue weighted by Crippen LogP contribution is -2.59. The number of nitrogens with two attached hydrogens (primary N) is 2. The van der Waals surface area contributed by atoms with Crippen LogP contribution in [-0.4, -0.2) is 76.9 Å². The minimum Gasteiger partial charge on any atom is -0.444 e. The summed E-state index contributed by atoms with van der Waals surface area (Å²) in [5.41, 5.74) is 8.43. The summed E-state index contributed by atoms with van der Waals surface area (Å²) in [5.74, 6) is 3.16. The third-order valence-electron chi connectivity index (χ3n) is 6.64. The molecule has 9 N–H and O–H groups in total. The van der Waals surface area contributed by atoms with Crippen molar-refractivity contribution in [3.8, 4) is 0 Å². The molecule has 0 unspecified atom stereocenters. The zero-order valence-corrected chi connectivity index (χ0v) is 29.8. The van der Waals surface area contributed by atoms with Crippen LogP contribution in [0.25, 0.3) is 0 Å². The molecular formula is C33H47N7O7S2. The number of hydrogen-bond acceptors (Lipinski definition) is 10. The first-order valence-corrected chi connectivity index (χ1v) is 17.9. The normalized spacial score (nSPS) is 13.5. The molecule has 4 atom stereocenters. The van der Waals surface area contributed by atoms with Crippen LogP contribution in [0, 0.1) is 0 Å². The molecular weight excluding hydrogens is 671 g/mol. The van der Waals surface area contributed by atoms with Gasteiger partial charge in [-0.15, -0.1) is 0 Å². The van der Waals surface area contributed by atoms with Gasteiger partial charge in [-0.05, 0) is 45.2 Å². The maximum atomic E-state index is 13.8. The van der Waals surface area contributed by atoms with E-state index in [0.717, 1.165) is 11.1 Å².